The lowest BCUT2D eigenvalue weighted by Crippen LogP contribution is -3.00. The number of ether oxygens (including phenoxy) is 1. The van der Waals surface area contributed by atoms with Crippen molar-refractivity contribution in [1.29, 1.82) is 0 Å². The monoisotopic (exact) mass is 397 g/mol. The zero-order valence-corrected chi connectivity index (χ0v) is 16.2. The molecule has 0 unspecified atom stereocenters. The Morgan fingerprint density at radius 1 is 0.957 bits per heavy atom. The summed E-state index contributed by atoms with van der Waals surface area (Å²) in [5.41, 5.74) is 2.41. The van der Waals surface area contributed by atoms with Crippen molar-refractivity contribution in [1.82, 2.24) is 0 Å². The van der Waals surface area contributed by atoms with Crippen molar-refractivity contribution in [3.05, 3.63) is 58.9 Å². The lowest BCUT2D eigenvalue weighted by Gasteiger charge is -2.09. The van der Waals surface area contributed by atoms with Gasteiger partial charge in [-0.1, -0.05) is 11.6 Å². The number of benzene rings is 1. The van der Waals surface area contributed by atoms with Gasteiger partial charge >= 0.3 is 0 Å². The summed E-state index contributed by atoms with van der Waals surface area (Å²) in [6.07, 6.45) is 9.07. The molecule has 2 aromatic rings. The molecule has 0 aliphatic heterocycles. The number of unbranched alkanes of at least 4 members (excludes halogenated alkanes) is 3. The van der Waals surface area contributed by atoms with E-state index in [9.17, 15) is 0 Å². The zero-order chi connectivity index (χ0) is 15.8. The first kappa shape index (κ1) is 20.0. The maximum atomic E-state index is 5.94. The van der Waals surface area contributed by atoms with Gasteiger partial charge in [-0.25, -0.2) is 4.57 Å². The van der Waals surface area contributed by atoms with Gasteiger partial charge in [0.1, 0.15) is 12.3 Å². The largest absolute Gasteiger partial charge is 1.00 e. The minimum absolute atomic E-state index is 0. The first-order valence-corrected chi connectivity index (χ1v) is 8.37. The summed E-state index contributed by atoms with van der Waals surface area (Å²) in [6, 6.07) is 10.1. The molecule has 2 nitrogen and oxygen atoms in total. The van der Waals surface area contributed by atoms with Crippen molar-refractivity contribution < 1.29 is 26.3 Å². The second kappa shape index (κ2) is 10.7. The Morgan fingerprint density at radius 3 is 2.35 bits per heavy atom. The Morgan fingerprint density at radius 2 is 1.65 bits per heavy atom. The number of pyridine rings is 1. The summed E-state index contributed by atoms with van der Waals surface area (Å²) in [4.78, 5) is 0. The molecular weight excluding hydrogens is 374 g/mol. The predicted molar refractivity (Wildman–Crippen MR) is 91.5 cm³/mol. The van der Waals surface area contributed by atoms with Gasteiger partial charge in [0.2, 0.25) is 0 Å². The molecule has 0 atom stereocenters. The zero-order valence-electron chi connectivity index (χ0n) is 13.9. The van der Waals surface area contributed by atoms with Crippen LogP contribution in [-0.2, 0) is 6.54 Å². The van der Waals surface area contributed by atoms with Crippen molar-refractivity contribution in [3.8, 4) is 5.75 Å². The van der Waals surface area contributed by atoms with E-state index in [1.165, 1.54) is 24.8 Å². The first-order chi connectivity index (χ1) is 10.6. The number of nitrogens with zero attached hydrogens (tertiary/aromatic N) is 1. The summed E-state index contributed by atoms with van der Waals surface area (Å²) in [7, 11) is 0. The van der Waals surface area contributed by atoms with Crippen LogP contribution < -0.4 is 26.3 Å². The van der Waals surface area contributed by atoms with Crippen LogP contribution in [-0.4, -0.2) is 6.61 Å². The highest BCUT2D eigenvalue weighted by molar-refractivity contribution is 6.30. The van der Waals surface area contributed by atoms with Gasteiger partial charge in [-0.3, -0.25) is 0 Å². The van der Waals surface area contributed by atoms with Gasteiger partial charge in [0.05, 0.1) is 6.61 Å². The fourth-order valence-corrected chi connectivity index (χ4v) is 2.61. The Bertz CT molecular complexity index is 586. The van der Waals surface area contributed by atoms with Crippen LogP contribution in [0.15, 0.2) is 42.7 Å². The third-order valence-corrected chi connectivity index (χ3v) is 4.00. The number of aryl methyl sites for hydroxylation is 3. The predicted octanol–water partition coefficient (Wildman–Crippen LogP) is 1.89. The van der Waals surface area contributed by atoms with Crippen molar-refractivity contribution >= 4 is 11.6 Å². The molecular formula is C19H25BrClNO. The second-order valence-corrected chi connectivity index (χ2v) is 6.22. The van der Waals surface area contributed by atoms with Gasteiger partial charge in [-0.05, 0) is 62.4 Å². The Hall–Kier alpha value is -1.06. The fraction of sp³-hybridized carbons (Fsp3) is 0.421. The summed E-state index contributed by atoms with van der Waals surface area (Å²) < 4.78 is 8.06. The molecule has 0 saturated heterocycles. The highest BCUT2D eigenvalue weighted by atomic mass is 79.9. The summed E-state index contributed by atoms with van der Waals surface area (Å²) in [6.45, 7) is 6.02. The van der Waals surface area contributed by atoms with E-state index in [-0.39, 0.29) is 17.0 Å². The van der Waals surface area contributed by atoms with Gasteiger partial charge < -0.3 is 21.7 Å². The molecule has 2 rings (SSSR count). The molecule has 126 valence electrons. The molecule has 0 saturated carbocycles. The van der Waals surface area contributed by atoms with Crippen molar-refractivity contribution in [3.63, 3.8) is 0 Å². The molecule has 0 bridgehead atoms. The number of aromatic nitrogens is 1. The smallest absolute Gasteiger partial charge is 0.169 e. The third-order valence-electron chi connectivity index (χ3n) is 3.76. The van der Waals surface area contributed by atoms with E-state index in [1.807, 2.05) is 25.1 Å². The van der Waals surface area contributed by atoms with Crippen LogP contribution in [0.1, 0.15) is 36.8 Å². The molecule has 0 amide bonds. The lowest BCUT2D eigenvalue weighted by molar-refractivity contribution is -0.697. The van der Waals surface area contributed by atoms with E-state index in [1.54, 1.807) is 0 Å². The topological polar surface area (TPSA) is 13.1 Å². The van der Waals surface area contributed by atoms with Gasteiger partial charge in [-0.2, -0.15) is 0 Å². The van der Waals surface area contributed by atoms with Crippen LogP contribution in [0.2, 0.25) is 5.02 Å². The van der Waals surface area contributed by atoms with Crippen LogP contribution in [0, 0.1) is 13.8 Å². The van der Waals surface area contributed by atoms with E-state index in [2.05, 4.69) is 36.0 Å². The maximum absolute atomic E-state index is 5.94. The van der Waals surface area contributed by atoms with Gasteiger partial charge in [0.25, 0.3) is 0 Å². The van der Waals surface area contributed by atoms with Gasteiger partial charge in [0.15, 0.2) is 12.4 Å². The number of rotatable bonds is 8. The minimum Gasteiger partial charge on any atom is -1.00 e. The highest BCUT2D eigenvalue weighted by Gasteiger charge is 2.01. The number of hydrogen-bond acceptors (Lipinski definition) is 1. The first-order valence-electron chi connectivity index (χ1n) is 8.00. The quantitative estimate of drug-likeness (QED) is 0.489. The van der Waals surface area contributed by atoms with Crippen molar-refractivity contribution in [2.45, 2.75) is 46.1 Å². The normalized spacial score (nSPS) is 10.2. The van der Waals surface area contributed by atoms with Crippen LogP contribution in [0.25, 0.3) is 0 Å². The lowest BCUT2D eigenvalue weighted by atomic mass is 10.2. The second-order valence-electron chi connectivity index (χ2n) is 5.79. The average molecular weight is 399 g/mol. The van der Waals surface area contributed by atoms with Crippen molar-refractivity contribution in [2.24, 2.45) is 0 Å². The Balaban J connectivity index is 0.00000264. The molecule has 1 aromatic carbocycles. The van der Waals surface area contributed by atoms with E-state index in [0.717, 1.165) is 35.9 Å². The summed E-state index contributed by atoms with van der Waals surface area (Å²) in [5, 5.41) is 0.762. The van der Waals surface area contributed by atoms with Crippen LogP contribution in [0.3, 0.4) is 0 Å². The number of halogens is 2. The van der Waals surface area contributed by atoms with E-state index >= 15 is 0 Å². The van der Waals surface area contributed by atoms with E-state index < -0.39 is 0 Å². The molecule has 0 radical (unpaired) electrons. The Kier molecular flexibility index (Phi) is 9.27. The molecule has 1 heterocycles. The molecule has 1 aromatic heterocycles. The molecule has 0 fully saturated rings. The van der Waals surface area contributed by atoms with Crippen LogP contribution >= 0.6 is 11.6 Å². The molecule has 4 heteroatoms. The molecule has 23 heavy (non-hydrogen) atoms. The number of hydrogen-bond donors (Lipinski definition) is 0. The molecule has 0 aliphatic carbocycles. The highest BCUT2D eigenvalue weighted by Crippen LogP contribution is 2.22. The van der Waals surface area contributed by atoms with Gasteiger partial charge in [0, 0.05) is 23.6 Å². The van der Waals surface area contributed by atoms with Crippen LogP contribution in [0.5, 0.6) is 5.75 Å². The van der Waals surface area contributed by atoms with Gasteiger partial charge in [-0.15, -0.1) is 0 Å². The Labute approximate surface area is 155 Å². The summed E-state index contributed by atoms with van der Waals surface area (Å²) >= 11 is 5.94. The van der Waals surface area contributed by atoms with E-state index in [0.29, 0.717) is 0 Å². The summed E-state index contributed by atoms with van der Waals surface area (Å²) in [5.74, 6) is 0.944. The third kappa shape index (κ3) is 7.36. The minimum atomic E-state index is 0. The molecule has 0 aliphatic rings. The SMILES string of the molecule is Cc1cc[n+](CCCCCCOc2ccc(Cl)cc2C)cc1.[Br-]. The van der Waals surface area contributed by atoms with E-state index in [4.69, 9.17) is 16.3 Å². The van der Waals surface area contributed by atoms with Crippen LogP contribution in [0.4, 0.5) is 0 Å². The van der Waals surface area contributed by atoms with Crippen molar-refractivity contribution in [2.75, 3.05) is 6.61 Å². The molecule has 0 N–H and O–H groups in total. The molecule has 0 spiro atoms. The average Bonchev–Trinajstić information content (AvgIpc) is 2.50. The maximum Gasteiger partial charge on any atom is 0.169 e. The fourth-order valence-electron chi connectivity index (χ4n) is 2.39. The standard InChI is InChI=1S/C19H25ClNO.BrH/c1-16-9-12-21(13-10-16)11-5-3-4-6-14-22-19-8-7-18(20)15-17(19)2;/h7-10,12-13,15H,3-6,11,14H2,1-2H3;1H/q+1;/p-1.